The van der Waals surface area contributed by atoms with Crippen LogP contribution in [0.3, 0.4) is 0 Å². The predicted octanol–water partition coefficient (Wildman–Crippen LogP) is 3.71. The zero-order valence-corrected chi connectivity index (χ0v) is 9.64. The van der Waals surface area contributed by atoms with Gasteiger partial charge >= 0.3 is 0 Å². The van der Waals surface area contributed by atoms with E-state index in [4.69, 9.17) is 5.73 Å². The van der Waals surface area contributed by atoms with Gasteiger partial charge in [-0.2, -0.15) is 0 Å². The highest BCUT2D eigenvalue weighted by Gasteiger charge is 2.08. The van der Waals surface area contributed by atoms with Crippen molar-refractivity contribution >= 4 is 0 Å². The molecule has 0 aromatic heterocycles. The Labute approximate surface area is 101 Å². The number of hydrogen-bond donors (Lipinski definition) is 1. The Kier molecular flexibility index (Phi) is 3.89. The number of alkyl halides is 1. The second-order valence-electron chi connectivity index (χ2n) is 4.03. The summed E-state index contributed by atoms with van der Waals surface area (Å²) in [5.74, 6) is 0. The van der Waals surface area contributed by atoms with Gasteiger partial charge in [0.25, 0.3) is 0 Å². The van der Waals surface area contributed by atoms with Crippen LogP contribution in [0.1, 0.15) is 18.2 Å². The van der Waals surface area contributed by atoms with E-state index in [9.17, 15) is 4.39 Å². The Morgan fingerprint density at radius 2 is 1.47 bits per heavy atom. The van der Waals surface area contributed by atoms with Crippen molar-refractivity contribution < 1.29 is 4.39 Å². The van der Waals surface area contributed by atoms with E-state index in [-0.39, 0.29) is 0 Å². The minimum Gasteiger partial charge on any atom is -0.330 e. The summed E-state index contributed by atoms with van der Waals surface area (Å²) in [5, 5.41) is 0. The molecule has 0 fully saturated rings. The van der Waals surface area contributed by atoms with Gasteiger partial charge in [-0.25, -0.2) is 4.39 Å². The number of rotatable bonds is 4. The van der Waals surface area contributed by atoms with Crippen LogP contribution in [0, 0.1) is 0 Å². The molecule has 0 bridgehead atoms. The summed E-state index contributed by atoms with van der Waals surface area (Å²) in [6, 6.07) is 17.6. The Morgan fingerprint density at radius 1 is 0.882 bits per heavy atom. The van der Waals surface area contributed by atoms with Crippen LogP contribution in [0.5, 0.6) is 0 Å². The third-order valence-electron chi connectivity index (χ3n) is 2.80. The van der Waals surface area contributed by atoms with E-state index in [2.05, 4.69) is 0 Å². The fourth-order valence-electron chi connectivity index (χ4n) is 1.83. The minimum atomic E-state index is -0.954. The number of nitrogens with two attached hydrogens (primary N) is 1. The number of benzene rings is 2. The van der Waals surface area contributed by atoms with Crippen molar-refractivity contribution in [2.75, 3.05) is 6.54 Å². The summed E-state index contributed by atoms with van der Waals surface area (Å²) in [6.07, 6.45) is -0.574. The Morgan fingerprint density at radius 3 is 2.06 bits per heavy atom. The van der Waals surface area contributed by atoms with Gasteiger partial charge in [-0.15, -0.1) is 0 Å². The van der Waals surface area contributed by atoms with E-state index < -0.39 is 6.17 Å². The van der Waals surface area contributed by atoms with Crippen LogP contribution in [0.2, 0.25) is 0 Å². The Hall–Kier alpha value is -1.67. The molecule has 0 saturated heterocycles. The van der Waals surface area contributed by atoms with E-state index in [0.717, 1.165) is 11.1 Å². The highest BCUT2D eigenvalue weighted by Crippen LogP contribution is 2.24. The van der Waals surface area contributed by atoms with E-state index in [1.807, 2.05) is 54.6 Å². The lowest BCUT2D eigenvalue weighted by molar-refractivity contribution is 0.328. The lowest BCUT2D eigenvalue weighted by Gasteiger charge is -2.08. The molecule has 0 spiro atoms. The fraction of sp³-hybridized carbons (Fsp3) is 0.200. The van der Waals surface area contributed by atoms with Crippen LogP contribution < -0.4 is 5.73 Å². The average molecular weight is 229 g/mol. The summed E-state index contributed by atoms with van der Waals surface area (Å²) in [5.41, 5.74) is 8.30. The minimum absolute atomic E-state index is 0.377. The maximum absolute atomic E-state index is 13.6. The van der Waals surface area contributed by atoms with Crippen molar-refractivity contribution in [3.8, 4) is 11.1 Å². The van der Waals surface area contributed by atoms with Crippen LogP contribution in [0.15, 0.2) is 54.6 Å². The lowest BCUT2D eigenvalue weighted by atomic mass is 10.0. The first-order chi connectivity index (χ1) is 8.31. The molecular formula is C15H16FN. The van der Waals surface area contributed by atoms with E-state index in [0.29, 0.717) is 18.5 Å². The van der Waals surface area contributed by atoms with Crippen LogP contribution in [0.25, 0.3) is 11.1 Å². The van der Waals surface area contributed by atoms with Crippen LogP contribution in [-0.4, -0.2) is 6.54 Å². The third-order valence-corrected chi connectivity index (χ3v) is 2.80. The number of halogens is 1. The third kappa shape index (κ3) is 2.92. The molecule has 0 saturated carbocycles. The summed E-state index contributed by atoms with van der Waals surface area (Å²) in [7, 11) is 0. The van der Waals surface area contributed by atoms with Gasteiger partial charge in [-0.1, -0.05) is 54.6 Å². The normalized spacial score (nSPS) is 12.4. The average Bonchev–Trinajstić information content (AvgIpc) is 2.40. The van der Waals surface area contributed by atoms with Gasteiger partial charge in [0, 0.05) is 0 Å². The second-order valence-corrected chi connectivity index (χ2v) is 4.03. The van der Waals surface area contributed by atoms with E-state index >= 15 is 0 Å². The van der Waals surface area contributed by atoms with Crippen molar-refractivity contribution in [2.45, 2.75) is 12.6 Å². The molecule has 2 heteroatoms. The Balaban J connectivity index is 2.19. The fourth-order valence-corrected chi connectivity index (χ4v) is 1.83. The molecule has 17 heavy (non-hydrogen) atoms. The van der Waals surface area contributed by atoms with Gasteiger partial charge in [-0.05, 0) is 29.7 Å². The van der Waals surface area contributed by atoms with Crippen molar-refractivity contribution in [1.29, 1.82) is 0 Å². The largest absolute Gasteiger partial charge is 0.330 e. The molecule has 0 aliphatic rings. The number of hydrogen-bond acceptors (Lipinski definition) is 1. The first kappa shape index (κ1) is 11.8. The topological polar surface area (TPSA) is 26.0 Å². The molecule has 0 radical (unpaired) electrons. The van der Waals surface area contributed by atoms with Gasteiger partial charge < -0.3 is 5.73 Å². The molecule has 0 aliphatic heterocycles. The summed E-state index contributed by atoms with van der Waals surface area (Å²) >= 11 is 0. The highest BCUT2D eigenvalue weighted by atomic mass is 19.1. The smallest absolute Gasteiger partial charge is 0.126 e. The van der Waals surface area contributed by atoms with Crippen molar-refractivity contribution in [2.24, 2.45) is 5.73 Å². The van der Waals surface area contributed by atoms with Crippen molar-refractivity contribution in [3.63, 3.8) is 0 Å². The van der Waals surface area contributed by atoms with Gasteiger partial charge in [0.2, 0.25) is 0 Å². The van der Waals surface area contributed by atoms with Crippen LogP contribution in [0.4, 0.5) is 4.39 Å². The second kappa shape index (κ2) is 5.60. The summed E-state index contributed by atoms with van der Waals surface area (Å²) in [6.45, 7) is 0.377. The maximum Gasteiger partial charge on any atom is 0.126 e. The molecular weight excluding hydrogens is 213 g/mol. The molecule has 0 heterocycles. The van der Waals surface area contributed by atoms with Gasteiger partial charge in [-0.3, -0.25) is 0 Å². The molecule has 2 aromatic rings. The maximum atomic E-state index is 13.6. The van der Waals surface area contributed by atoms with Gasteiger partial charge in [0.1, 0.15) is 6.17 Å². The van der Waals surface area contributed by atoms with Crippen LogP contribution >= 0.6 is 0 Å². The van der Waals surface area contributed by atoms with E-state index in [1.54, 1.807) is 0 Å². The zero-order valence-electron chi connectivity index (χ0n) is 9.64. The molecule has 0 aliphatic carbocycles. The standard InChI is InChI=1S/C15H16FN/c16-15(10-11-17)14-8-6-13(7-9-14)12-4-2-1-3-5-12/h1-9,15H,10-11,17H2. The molecule has 1 atom stereocenters. The molecule has 2 rings (SSSR count). The summed E-state index contributed by atoms with van der Waals surface area (Å²) in [4.78, 5) is 0. The molecule has 2 aromatic carbocycles. The molecule has 88 valence electrons. The monoisotopic (exact) mass is 229 g/mol. The SMILES string of the molecule is NCCC(F)c1ccc(-c2ccccc2)cc1. The molecule has 2 N–H and O–H groups in total. The first-order valence-electron chi connectivity index (χ1n) is 5.81. The molecule has 0 amide bonds. The Bertz CT molecular complexity index is 450. The first-order valence-corrected chi connectivity index (χ1v) is 5.81. The zero-order chi connectivity index (χ0) is 12.1. The molecule has 1 nitrogen and oxygen atoms in total. The molecule has 1 unspecified atom stereocenters. The summed E-state index contributed by atoms with van der Waals surface area (Å²) < 4.78 is 13.6. The van der Waals surface area contributed by atoms with Gasteiger partial charge in [0.05, 0.1) is 0 Å². The van der Waals surface area contributed by atoms with Crippen molar-refractivity contribution in [1.82, 2.24) is 0 Å². The van der Waals surface area contributed by atoms with E-state index in [1.165, 1.54) is 0 Å². The highest BCUT2D eigenvalue weighted by molar-refractivity contribution is 5.63. The van der Waals surface area contributed by atoms with Crippen molar-refractivity contribution in [3.05, 3.63) is 60.2 Å². The predicted molar refractivity (Wildman–Crippen MR) is 69.4 cm³/mol. The van der Waals surface area contributed by atoms with Crippen LogP contribution in [-0.2, 0) is 0 Å². The lowest BCUT2D eigenvalue weighted by Crippen LogP contribution is -2.03. The van der Waals surface area contributed by atoms with Gasteiger partial charge in [0.15, 0.2) is 0 Å². The quantitative estimate of drug-likeness (QED) is 0.849.